The van der Waals surface area contributed by atoms with Gasteiger partial charge in [0.15, 0.2) is 17.1 Å². The Balaban J connectivity index is 1.61. The summed E-state index contributed by atoms with van der Waals surface area (Å²) in [4.78, 5) is 12.5. The Morgan fingerprint density at radius 2 is 1.75 bits per heavy atom. The summed E-state index contributed by atoms with van der Waals surface area (Å²) in [6, 6.07) is 12.6. The van der Waals surface area contributed by atoms with Crippen molar-refractivity contribution >= 4 is 23.4 Å². The number of benzene rings is 2. The maximum atomic E-state index is 12.5. The van der Waals surface area contributed by atoms with Crippen LogP contribution in [0.4, 0.5) is 5.69 Å². The van der Waals surface area contributed by atoms with Crippen LogP contribution in [-0.4, -0.2) is 47.8 Å². The lowest BCUT2D eigenvalue weighted by atomic mass is 10.2. The number of hydrogen-bond donors (Lipinski definition) is 1. The maximum absolute atomic E-state index is 12.5. The van der Waals surface area contributed by atoms with Crippen LogP contribution in [0.2, 0.25) is 0 Å². The van der Waals surface area contributed by atoms with Gasteiger partial charge >= 0.3 is 0 Å². The standard InChI is InChI=1S/C22H26N4O5S/c1-14(31-17-8-6-7-15(11-17)28-3)21-24-25-22(26(21)2)32-13-20(27)23-18-12-16(29-4)9-10-19(18)30-5/h6-12,14H,13H2,1-5H3,(H,23,27). The molecule has 1 unspecified atom stereocenters. The fourth-order valence-corrected chi connectivity index (χ4v) is 3.68. The van der Waals surface area contributed by atoms with Crippen LogP contribution in [-0.2, 0) is 11.8 Å². The molecule has 0 radical (unpaired) electrons. The van der Waals surface area contributed by atoms with Crippen molar-refractivity contribution in [2.45, 2.75) is 18.2 Å². The highest BCUT2D eigenvalue weighted by molar-refractivity contribution is 7.99. The summed E-state index contributed by atoms with van der Waals surface area (Å²) in [5, 5.41) is 11.9. The average molecular weight is 459 g/mol. The summed E-state index contributed by atoms with van der Waals surface area (Å²) in [6.07, 6.45) is -0.344. The first-order valence-corrected chi connectivity index (χ1v) is 10.8. The molecule has 10 heteroatoms. The highest BCUT2D eigenvalue weighted by Crippen LogP contribution is 2.30. The number of carbonyl (C=O) groups excluding carboxylic acids is 1. The van der Waals surface area contributed by atoms with Gasteiger partial charge in [0, 0.05) is 19.2 Å². The van der Waals surface area contributed by atoms with Crippen LogP contribution in [0.15, 0.2) is 47.6 Å². The molecule has 1 atom stereocenters. The van der Waals surface area contributed by atoms with E-state index in [4.69, 9.17) is 18.9 Å². The van der Waals surface area contributed by atoms with Gasteiger partial charge in [-0.3, -0.25) is 4.79 Å². The summed E-state index contributed by atoms with van der Waals surface area (Å²) in [5.41, 5.74) is 0.538. The summed E-state index contributed by atoms with van der Waals surface area (Å²) in [5.74, 6) is 3.14. The van der Waals surface area contributed by atoms with E-state index < -0.39 is 0 Å². The SMILES string of the molecule is COc1cccc(OC(C)c2nnc(SCC(=O)Nc3cc(OC)ccc3OC)n2C)c1. The number of thioether (sulfide) groups is 1. The fourth-order valence-electron chi connectivity index (χ4n) is 2.97. The first-order chi connectivity index (χ1) is 15.4. The zero-order chi connectivity index (χ0) is 23.1. The zero-order valence-corrected chi connectivity index (χ0v) is 19.4. The third kappa shape index (κ3) is 5.64. The van der Waals surface area contributed by atoms with E-state index in [1.807, 2.05) is 36.7 Å². The molecule has 1 amide bonds. The number of methoxy groups -OCH3 is 3. The molecule has 0 saturated carbocycles. The molecule has 9 nitrogen and oxygen atoms in total. The van der Waals surface area contributed by atoms with Crippen molar-refractivity contribution < 1.29 is 23.7 Å². The minimum atomic E-state index is -0.344. The highest BCUT2D eigenvalue weighted by atomic mass is 32.2. The Kier molecular flexibility index (Phi) is 7.82. The van der Waals surface area contributed by atoms with Gasteiger partial charge in [-0.25, -0.2) is 0 Å². The van der Waals surface area contributed by atoms with Gasteiger partial charge in [-0.2, -0.15) is 0 Å². The summed E-state index contributed by atoms with van der Waals surface area (Å²) in [6.45, 7) is 1.89. The molecule has 3 rings (SSSR count). The predicted octanol–water partition coefficient (Wildman–Crippen LogP) is 3.71. The van der Waals surface area contributed by atoms with Gasteiger partial charge in [0.25, 0.3) is 0 Å². The number of anilines is 1. The molecule has 0 saturated heterocycles. The Hall–Kier alpha value is -3.40. The third-order valence-corrected chi connectivity index (χ3v) is 5.62. The first kappa shape index (κ1) is 23.3. The Labute approximate surface area is 191 Å². The van der Waals surface area contributed by atoms with E-state index in [1.165, 1.54) is 11.8 Å². The molecule has 2 aromatic carbocycles. The molecule has 0 aliphatic rings. The Bertz CT molecular complexity index is 1070. The van der Waals surface area contributed by atoms with Gasteiger partial charge < -0.3 is 28.8 Å². The van der Waals surface area contributed by atoms with Crippen molar-refractivity contribution in [2.24, 2.45) is 7.05 Å². The van der Waals surface area contributed by atoms with Crippen molar-refractivity contribution in [1.29, 1.82) is 0 Å². The molecule has 0 fully saturated rings. The van der Waals surface area contributed by atoms with E-state index in [9.17, 15) is 4.79 Å². The normalized spacial score (nSPS) is 11.5. The number of nitrogens with zero attached hydrogens (tertiary/aromatic N) is 3. The van der Waals surface area contributed by atoms with Gasteiger partial charge in [0.1, 0.15) is 23.0 Å². The molecule has 1 N–H and O–H groups in total. The monoisotopic (exact) mass is 458 g/mol. The lowest BCUT2D eigenvalue weighted by molar-refractivity contribution is -0.113. The second-order valence-electron chi connectivity index (χ2n) is 6.74. The summed E-state index contributed by atoms with van der Waals surface area (Å²) < 4.78 is 23.5. The van der Waals surface area contributed by atoms with Crippen LogP contribution >= 0.6 is 11.8 Å². The number of hydrogen-bond acceptors (Lipinski definition) is 8. The number of rotatable bonds is 10. The molecule has 0 bridgehead atoms. The van der Waals surface area contributed by atoms with Crippen LogP contribution < -0.4 is 24.3 Å². The number of ether oxygens (including phenoxy) is 4. The largest absolute Gasteiger partial charge is 0.497 e. The zero-order valence-electron chi connectivity index (χ0n) is 18.6. The molecule has 0 spiro atoms. The lowest BCUT2D eigenvalue weighted by Crippen LogP contribution is -2.15. The molecule has 170 valence electrons. The summed E-state index contributed by atoms with van der Waals surface area (Å²) >= 11 is 1.28. The molecule has 0 aliphatic heterocycles. The number of aromatic nitrogens is 3. The maximum Gasteiger partial charge on any atom is 0.234 e. The quantitative estimate of drug-likeness (QED) is 0.459. The molecule has 32 heavy (non-hydrogen) atoms. The van der Waals surface area contributed by atoms with Gasteiger partial charge in [-0.1, -0.05) is 17.8 Å². The van der Waals surface area contributed by atoms with E-state index in [2.05, 4.69) is 15.5 Å². The van der Waals surface area contributed by atoms with Crippen molar-refractivity contribution in [2.75, 3.05) is 32.4 Å². The number of carbonyl (C=O) groups is 1. The first-order valence-electron chi connectivity index (χ1n) is 9.79. The molecule has 1 aromatic heterocycles. The summed E-state index contributed by atoms with van der Waals surface area (Å²) in [7, 11) is 6.55. The molecular weight excluding hydrogens is 432 g/mol. The fraction of sp³-hybridized carbons (Fsp3) is 0.318. The topological polar surface area (TPSA) is 96.7 Å². The van der Waals surface area contributed by atoms with Gasteiger partial charge in [0.2, 0.25) is 5.91 Å². The van der Waals surface area contributed by atoms with Crippen LogP contribution in [0.3, 0.4) is 0 Å². The Morgan fingerprint density at radius 1 is 1.03 bits per heavy atom. The van der Waals surface area contributed by atoms with E-state index >= 15 is 0 Å². The Morgan fingerprint density at radius 3 is 2.47 bits per heavy atom. The van der Waals surface area contributed by atoms with Gasteiger partial charge in [-0.05, 0) is 31.2 Å². The minimum Gasteiger partial charge on any atom is -0.497 e. The second-order valence-corrected chi connectivity index (χ2v) is 7.68. The van der Waals surface area contributed by atoms with Gasteiger partial charge in [-0.15, -0.1) is 10.2 Å². The average Bonchev–Trinajstić information content (AvgIpc) is 3.18. The van der Waals surface area contributed by atoms with Crippen molar-refractivity contribution in [3.8, 4) is 23.0 Å². The van der Waals surface area contributed by atoms with E-state index in [0.29, 0.717) is 39.7 Å². The molecule has 0 aliphatic carbocycles. The van der Waals surface area contributed by atoms with E-state index in [-0.39, 0.29) is 17.8 Å². The van der Waals surface area contributed by atoms with Crippen molar-refractivity contribution in [3.05, 3.63) is 48.3 Å². The van der Waals surface area contributed by atoms with Gasteiger partial charge in [0.05, 0.1) is 32.8 Å². The second kappa shape index (κ2) is 10.8. The number of amides is 1. The van der Waals surface area contributed by atoms with Crippen LogP contribution in [0.5, 0.6) is 23.0 Å². The highest BCUT2D eigenvalue weighted by Gasteiger charge is 2.19. The molecule has 1 heterocycles. The van der Waals surface area contributed by atoms with E-state index in [0.717, 1.165) is 0 Å². The van der Waals surface area contributed by atoms with Crippen molar-refractivity contribution in [3.63, 3.8) is 0 Å². The molecular formula is C22H26N4O5S. The number of nitrogens with one attached hydrogen (secondary N) is 1. The smallest absolute Gasteiger partial charge is 0.234 e. The molecule has 3 aromatic rings. The third-order valence-electron chi connectivity index (χ3n) is 4.60. The van der Waals surface area contributed by atoms with E-state index in [1.54, 1.807) is 45.6 Å². The minimum absolute atomic E-state index is 0.150. The van der Waals surface area contributed by atoms with Crippen LogP contribution in [0, 0.1) is 0 Å². The van der Waals surface area contributed by atoms with Crippen molar-refractivity contribution in [1.82, 2.24) is 14.8 Å². The lowest BCUT2D eigenvalue weighted by Gasteiger charge is -2.15. The van der Waals surface area contributed by atoms with Crippen LogP contribution in [0.25, 0.3) is 0 Å². The predicted molar refractivity (Wildman–Crippen MR) is 122 cm³/mol. The van der Waals surface area contributed by atoms with Crippen LogP contribution in [0.1, 0.15) is 18.9 Å².